The van der Waals surface area contributed by atoms with Gasteiger partial charge in [0.05, 0.1) is 6.10 Å². The van der Waals surface area contributed by atoms with E-state index in [-0.39, 0.29) is 12.0 Å². The predicted molar refractivity (Wildman–Crippen MR) is 98.1 cm³/mol. The highest BCUT2D eigenvalue weighted by Gasteiger charge is 2.24. The van der Waals surface area contributed by atoms with Crippen LogP contribution in [0.2, 0.25) is 5.02 Å². The quantitative estimate of drug-likeness (QED) is 0.558. The van der Waals surface area contributed by atoms with Crippen LogP contribution in [0.25, 0.3) is 0 Å². The van der Waals surface area contributed by atoms with E-state index >= 15 is 0 Å². The Morgan fingerprint density at radius 1 is 1.13 bits per heavy atom. The third-order valence-corrected chi connectivity index (χ3v) is 4.61. The molecule has 2 aromatic rings. The molecular weight excluding hydrogens is 376 g/mol. The lowest BCUT2D eigenvalue weighted by atomic mass is 9.86. The molecule has 2 atom stereocenters. The highest BCUT2D eigenvalue weighted by molar-refractivity contribution is 9.10. The van der Waals surface area contributed by atoms with Crippen LogP contribution in [0.3, 0.4) is 0 Å². The maximum absolute atomic E-state index is 11.1. The Morgan fingerprint density at radius 2 is 1.78 bits per heavy atom. The zero-order chi connectivity index (χ0) is 16.7. The monoisotopic (exact) mass is 394 g/mol. The van der Waals surface area contributed by atoms with Crippen LogP contribution in [0.15, 0.2) is 53.0 Å². The minimum absolute atomic E-state index is 0.120. The van der Waals surface area contributed by atoms with Crippen molar-refractivity contribution in [2.75, 3.05) is 6.61 Å². The van der Waals surface area contributed by atoms with Crippen molar-refractivity contribution in [2.24, 2.45) is 0 Å². The first-order valence-corrected chi connectivity index (χ1v) is 8.86. The molecule has 0 saturated heterocycles. The maximum atomic E-state index is 11.1. The van der Waals surface area contributed by atoms with Crippen molar-refractivity contribution in [1.82, 2.24) is 0 Å². The van der Waals surface area contributed by atoms with Crippen LogP contribution < -0.4 is 0 Å². The Kier molecular flexibility index (Phi) is 7.28. The highest BCUT2D eigenvalue weighted by Crippen LogP contribution is 2.29. The fourth-order valence-corrected chi connectivity index (χ4v) is 3.10. The molecule has 0 aliphatic carbocycles. The van der Waals surface area contributed by atoms with E-state index in [1.807, 2.05) is 43.3 Å². The Morgan fingerprint density at radius 3 is 2.35 bits per heavy atom. The first-order valence-electron chi connectivity index (χ1n) is 7.69. The molecule has 0 aliphatic heterocycles. The zero-order valence-electron chi connectivity index (χ0n) is 13.0. The predicted octanol–water partition coefficient (Wildman–Crippen LogP) is 5.42. The standard InChI is InChI=1S/C19H20BrClO2/c1-2-23-19(11-12-22)18(15-5-7-16(20)8-6-15)13-14-3-9-17(21)10-4-14/h3-10,12,18-19H,2,11,13H2,1H3/t18?,19-/m1/s1. The normalized spacial score (nSPS) is 13.5. The van der Waals surface area contributed by atoms with Crippen LogP contribution in [0, 0.1) is 0 Å². The van der Waals surface area contributed by atoms with Gasteiger partial charge in [0.15, 0.2) is 0 Å². The Hall–Kier alpha value is -1.16. The Labute approximate surface area is 150 Å². The van der Waals surface area contributed by atoms with E-state index in [0.717, 1.165) is 22.2 Å². The van der Waals surface area contributed by atoms with Crippen LogP contribution in [-0.4, -0.2) is 19.0 Å². The molecule has 0 aliphatic rings. The Bertz CT molecular complexity index is 610. The van der Waals surface area contributed by atoms with Gasteiger partial charge < -0.3 is 9.53 Å². The van der Waals surface area contributed by atoms with Gasteiger partial charge in [-0.05, 0) is 48.7 Å². The second-order valence-corrected chi connectivity index (χ2v) is 6.74. The molecule has 122 valence electrons. The molecule has 0 spiro atoms. The van der Waals surface area contributed by atoms with Gasteiger partial charge >= 0.3 is 0 Å². The van der Waals surface area contributed by atoms with Crippen molar-refractivity contribution in [3.63, 3.8) is 0 Å². The minimum Gasteiger partial charge on any atom is -0.377 e. The van der Waals surface area contributed by atoms with Crippen molar-refractivity contribution < 1.29 is 9.53 Å². The van der Waals surface area contributed by atoms with Crippen LogP contribution in [-0.2, 0) is 16.0 Å². The third kappa shape index (κ3) is 5.45. The summed E-state index contributed by atoms with van der Waals surface area (Å²) >= 11 is 9.43. The van der Waals surface area contributed by atoms with Gasteiger partial charge in [-0.15, -0.1) is 0 Å². The van der Waals surface area contributed by atoms with Crippen LogP contribution in [0.1, 0.15) is 30.4 Å². The number of carbonyl (C=O) groups is 1. The molecule has 1 unspecified atom stereocenters. The number of benzene rings is 2. The van der Waals surface area contributed by atoms with E-state index in [0.29, 0.717) is 13.0 Å². The maximum Gasteiger partial charge on any atom is 0.122 e. The average molecular weight is 396 g/mol. The van der Waals surface area contributed by atoms with Crippen molar-refractivity contribution in [2.45, 2.75) is 31.8 Å². The Balaban J connectivity index is 2.30. The summed E-state index contributed by atoms with van der Waals surface area (Å²) in [6.45, 7) is 2.55. The molecule has 4 heteroatoms. The number of hydrogen-bond donors (Lipinski definition) is 0. The van der Waals surface area contributed by atoms with E-state index in [1.165, 1.54) is 11.1 Å². The van der Waals surface area contributed by atoms with Crippen LogP contribution in [0.5, 0.6) is 0 Å². The average Bonchev–Trinajstić information content (AvgIpc) is 2.55. The number of halogens is 2. The lowest BCUT2D eigenvalue weighted by Gasteiger charge is -2.26. The second-order valence-electron chi connectivity index (χ2n) is 5.38. The lowest BCUT2D eigenvalue weighted by molar-refractivity contribution is -0.110. The number of carbonyl (C=O) groups excluding carboxylic acids is 1. The van der Waals surface area contributed by atoms with Gasteiger partial charge in [-0.1, -0.05) is 51.8 Å². The van der Waals surface area contributed by atoms with Gasteiger partial charge in [0.2, 0.25) is 0 Å². The number of aldehydes is 1. The van der Waals surface area contributed by atoms with Gasteiger partial charge in [-0.3, -0.25) is 0 Å². The molecule has 2 aromatic carbocycles. The van der Waals surface area contributed by atoms with Gasteiger partial charge in [0.1, 0.15) is 6.29 Å². The molecule has 23 heavy (non-hydrogen) atoms. The first kappa shape index (κ1) is 18.2. The van der Waals surface area contributed by atoms with Crippen LogP contribution >= 0.6 is 27.5 Å². The van der Waals surface area contributed by atoms with Gasteiger partial charge in [0.25, 0.3) is 0 Å². The zero-order valence-corrected chi connectivity index (χ0v) is 15.4. The lowest BCUT2D eigenvalue weighted by Crippen LogP contribution is -2.25. The minimum atomic E-state index is -0.130. The van der Waals surface area contributed by atoms with Crippen molar-refractivity contribution in [3.05, 3.63) is 69.2 Å². The SMILES string of the molecule is CCO[C@H](CC=O)C(Cc1ccc(Cl)cc1)c1ccc(Br)cc1. The molecule has 0 bridgehead atoms. The summed E-state index contributed by atoms with van der Waals surface area (Å²) < 4.78 is 6.89. The molecule has 2 rings (SSSR count). The molecule has 0 heterocycles. The largest absolute Gasteiger partial charge is 0.377 e. The third-order valence-electron chi connectivity index (χ3n) is 3.83. The molecular formula is C19H20BrClO2. The van der Waals surface area contributed by atoms with Gasteiger partial charge in [0, 0.05) is 28.4 Å². The smallest absolute Gasteiger partial charge is 0.122 e. The van der Waals surface area contributed by atoms with E-state index < -0.39 is 0 Å². The molecule has 0 radical (unpaired) electrons. The summed E-state index contributed by atoms with van der Waals surface area (Å²) in [6.07, 6.45) is 2.00. The van der Waals surface area contributed by atoms with E-state index in [4.69, 9.17) is 16.3 Å². The molecule has 0 fully saturated rings. The summed E-state index contributed by atoms with van der Waals surface area (Å²) in [5.74, 6) is 0.120. The van der Waals surface area contributed by atoms with Crippen molar-refractivity contribution in [3.8, 4) is 0 Å². The summed E-state index contributed by atoms with van der Waals surface area (Å²) in [5, 5.41) is 0.725. The topological polar surface area (TPSA) is 26.3 Å². The summed E-state index contributed by atoms with van der Waals surface area (Å²) in [5.41, 5.74) is 2.35. The van der Waals surface area contributed by atoms with Crippen molar-refractivity contribution >= 4 is 33.8 Å². The summed E-state index contributed by atoms with van der Waals surface area (Å²) in [6, 6.07) is 16.1. The van der Waals surface area contributed by atoms with E-state index in [2.05, 4.69) is 28.1 Å². The number of ether oxygens (including phenoxy) is 1. The highest BCUT2D eigenvalue weighted by atomic mass is 79.9. The molecule has 0 aromatic heterocycles. The molecule has 0 amide bonds. The summed E-state index contributed by atoms with van der Waals surface area (Å²) in [7, 11) is 0. The van der Waals surface area contributed by atoms with E-state index in [9.17, 15) is 4.79 Å². The van der Waals surface area contributed by atoms with E-state index in [1.54, 1.807) is 0 Å². The molecule has 0 N–H and O–H groups in total. The molecule has 2 nitrogen and oxygen atoms in total. The summed E-state index contributed by atoms with van der Waals surface area (Å²) in [4.78, 5) is 11.1. The second kappa shape index (κ2) is 9.21. The first-order chi connectivity index (χ1) is 11.1. The molecule has 0 saturated carbocycles. The fraction of sp³-hybridized carbons (Fsp3) is 0.316. The van der Waals surface area contributed by atoms with Gasteiger partial charge in [-0.2, -0.15) is 0 Å². The fourth-order valence-electron chi connectivity index (χ4n) is 2.71. The van der Waals surface area contributed by atoms with Gasteiger partial charge in [-0.25, -0.2) is 0 Å². The van der Waals surface area contributed by atoms with Crippen molar-refractivity contribution in [1.29, 1.82) is 0 Å². The number of hydrogen-bond acceptors (Lipinski definition) is 2. The van der Waals surface area contributed by atoms with Crippen LogP contribution in [0.4, 0.5) is 0 Å². The number of rotatable bonds is 8.